The van der Waals surface area contributed by atoms with Gasteiger partial charge in [-0.15, -0.1) is 0 Å². The van der Waals surface area contributed by atoms with Gasteiger partial charge in [-0.1, -0.05) is 26.0 Å². The third kappa shape index (κ3) is 2.93. The Labute approximate surface area is 160 Å². The van der Waals surface area contributed by atoms with Crippen molar-refractivity contribution in [1.29, 1.82) is 0 Å². The van der Waals surface area contributed by atoms with Crippen molar-refractivity contribution in [1.82, 2.24) is 4.98 Å². The van der Waals surface area contributed by atoms with Crippen LogP contribution in [0.3, 0.4) is 0 Å². The number of benzene rings is 2. The van der Waals surface area contributed by atoms with E-state index in [0.717, 1.165) is 36.2 Å². The quantitative estimate of drug-likeness (QED) is 0.582. The Morgan fingerprint density at radius 2 is 2.04 bits per heavy atom. The van der Waals surface area contributed by atoms with E-state index in [1.54, 1.807) is 0 Å². The minimum Gasteiger partial charge on any atom is -0.399 e. The summed E-state index contributed by atoms with van der Waals surface area (Å²) < 4.78 is 6.21. The standard InChI is InChI=1S/C23H28N2O2/c1-3-15-12-17(16-6-5-7-18(24)13-16)14-20-19-8-11-27-23(4-2,9-10-26)22(19)25-21(15)20/h5-7,12-14,25-26H,3-4,8-11,24H2,1-2H3. The van der Waals surface area contributed by atoms with E-state index >= 15 is 0 Å². The van der Waals surface area contributed by atoms with E-state index in [1.807, 2.05) is 18.2 Å². The van der Waals surface area contributed by atoms with Crippen molar-refractivity contribution < 1.29 is 9.84 Å². The molecule has 0 radical (unpaired) electrons. The number of aromatic nitrogens is 1. The van der Waals surface area contributed by atoms with Gasteiger partial charge < -0.3 is 20.6 Å². The Balaban J connectivity index is 1.96. The van der Waals surface area contributed by atoms with Gasteiger partial charge in [0.15, 0.2) is 0 Å². The number of nitrogens with one attached hydrogen (secondary N) is 1. The lowest BCUT2D eigenvalue weighted by Gasteiger charge is -2.36. The minimum absolute atomic E-state index is 0.123. The molecule has 4 nitrogen and oxygen atoms in total. The number of H-pyrrole nitrogens is 1. The minimum atomic E-state index is -0.413. The highest BCUT2D eigenvalue weighted by atomic mass is 16.5. The van der Waals surface area contributed by atoms with Crippen molar-refractivity contribution in [2.24, 2.45) is 0 Å². The number of anilines is 1. The molecule has 1 atom stereocenters. The largest absolute Gasteiger partial charge is 0.399 e. The zero-order valence-corrected chi connectivity index (χ0v) is 16.1. The molecule has 0 fully saturated rings. The molecule has 4 rings (SSSR count). The van der Waals surface area contributed by atoms with Crippen LogP contribution in [-0.2, 0) is 23.2 Å². The molecule has 2 aromatic carbocycles. The summed E-state index contributed by atoms with van der Waals surface area (Å²) in [6.45, 7) is 5.14. The maximum atomic E-state index is 9.63. The molecule has 4 N–H and O–H groups in total. The van der Waals surface area contributed by atoms with Crippen LogP contribution in [0.25, 0.3) is 22.0 Å². The monoisotopic (exact) mass is 364 g/mol. The first-order valence-corrected chi connectivity index (χ1v) is 9.90. The van der Waals surface area contributed by atoms with Gasteiger partial charge in [0, 0.05) is 29.6 Å². The first-order valence-electron chi connectivity index (χ1n) is 9.90. The lowest BCUT2D eigenvalue weighted by molar-refractivity contribution is -0.0795. The third-order valence-corrected chi connectivity index (χ3v) is 5.97. The Morgan fingerprint density at radius 1 is 1.19 bits per heavy atom. The molecule has 0 saturated heterocycles. The molecule has 1 aliphatic heterocycles. The van der Waals surface area contributed by atoms with E-state index in [4.69, 9.17) is 10.5 Å². The number of ether oxygens (including phenoxy) is 1. The number of nitrogen functional groups attached to an aromatic ring is 1. The summed E-state index contributed by atoms with van der Waals surface area (Å²) in [4.78, 5) is 3.69. The van der Waals surface area contributed by atoms with E-state index in [2.05, 4.69) is 37.0 Å². The molecule has 2 heterocycles. The number of aliphatic hydroxyl groups excluding tert-OH is 1. The number of rotatable bonds is 5. The molecular formula is C23H28N2O2. The van der Waals surface area contributed by atoms with Crippen molar-refractivity contribution >= 4 is 16.6 Å². The normalized spacial score (nSPS) is 19.4. The molecule has 0 spiro atoms. The summed E-state index contributed by atoms with van der Waals surface area (Å²) in [6.07, 6.45) is 3.31. The second kappa shape index (κ2) is 7.02. The van der Waals surface area contributed by atoms with Gasteiger partial charge in [-0.3, -0.25) is 0 Å². The van der Waals surface area contributed by atoms with Gasteiger partial charge >= 0.3 is 0 Å². The molecule has 0 aliphatic carbocycles. The smallest absolute Gasteiger partial charge is 0.110 e. The van der Waals surface area contributed by atoms with Crippen LogP contribution < -0.4 is 5.73 Å². The first kappa shape index (κ1) is 18.1. The van der Waals surface area contributed by atoms with Gasteiger partial charge in [-0.2, -0.15) is 0 Å². The average molecular weight is 364 g/mol. The van der Waals surface area contributed by atoms with Gasteiger partial charge in [0.1, 0.15) is 5.60 Å². The van der Waals surface area contributed by atoms with Gasteiger partial charge in [0.25, 0.3) is 0 Å². The zero-order chi connectivity index (χ0) is 19.0. The van der Waals surface area contributed by atoms with Crippen molar-refractivity contribution in [3.63, 3.8) is 0 Å². The van der Waals surface area contributed by atoms with Crippen LogP contribution >= 0.6 is 0 Å². The van der Waals surface area contributed by atoms with Gasteiger partial charge in [0.2, 0.25) is 0 Å². The fourth-order valence-electron chi connectivity index (χ4n) is 4.49. The summed E-state index contributed by atoms with van der Waals surface area (Å²) >= 11 is 0. The van der Waals surface area contributed by atoms with Crippen LogP contribution in [0.5, 0.6) is 0 Å². The number of hydrogen-bond acceptors (Lipinski definition) is 3. The molecule has 3 aromatic rings. The fourth-order valence-corrected chi connectivity index (χ4v) is 4.49. The summed E-state index contributed by atoms with van der Waals surface area (Å²) in [5, 5.41) is 10.9. The van der Waals surface area contributed by atoms with E-state index in [-0.39, 0.29) is 6.61 Å². The highest BCUT2D eigenvalue weighted by Gasteiger charge is 2.38. The Hall–Kier alpha value is -2.30. The molecular weight excluding hydrogens is 336 g/mol. The number of fused-ring (bicyclic) bond motifs is 3. The van der Waals surface area contributed by atoms with Crippen molar-refractivity contribution in [2.75, 3.05) is 18.9 Å². The van der Waals surface area contributed by atoms with Crippen molar-refractivity contribution in [2.45, 2.75) is 45.1 Å². The Bertz CT molecular complexity index is 976. The molecule has 0 bridgehead atoms. The molecule has 1 aliphatic rings. The molecule has 0 amide bonds. The summed E-state index contributed by atoms with van der Waals surface area (Å²) in [7, 11) is 0. The molecule has 1 unspecified atom stereocenters. The second-order valence-electron chi connectivity index (χ2n) is 7.44. The van der Waals surface area contributed by atoms with E-state index in [0.29, 0.717) is 13.0 Å². The summed E-state index contributed by atoms with van der Waals surface area (Å²) in [6, 6.07) is 12.6. The van der Waals surface area contributed by atoms with E-state index in [1.165, 1.54) is 27.6 Å². The maximum absolute atomic E-state index is 9.63. The Kier molecular flexibility index (Phi) is 4.70. The fraction of sp³-hybridized carbons (Fsp3) is 0.391. The van der Waals surface area contributed by atoms with E-state index in [9.17, 15) is 5.11 Å². The summed E-state index contributed by atoms with van der Waals surface area (Å²) in [5.74, 6) is 0. The van der Waals surface area contributed by atoms with Crippen LogP contribution in [-0.4, -0.2) is 23.3 Å². The predicted octanol–water partition coefficient (Wildman–Crippen LogP) is 4.54. The molecule has 142 valence electrons. The van der Waals surface area contributed by atoms with Crippen LogP contribution in [0, 0.1) is 0 Å². The molecule has 4 heteroatoms. The highest BCUT2D eigenvalue weighted by molar-refractivity contribution is 5.92. The topological polar surface area (TPSA) is 71.3 Å². The predicted molar refractivity (Wildman–Crippen MR) is 111 cm³/mol. The molecule has 27 heavy (non-hydrogen) atoms. The number of aryl methyl sites for hydroxylation is 1. The maximum Gasteiger partial charge on any atom is 0.110 e. The van der Waals surface area contributed by atoms with Gasteiger partial charge in [-0.05, 0) is 65.8 Å². The number of nitrogens with two attached hydrogens (primary N) is 1. The second-order valence-corrected chi connectivity index (χ2v) is 7.44. The third-order valence-electron chi connectivity index (χ3n) is 5.97. The van der Waals surface area contributed by atoms with Gasteiger partial charge in [0.05, 0.1) is 12.3 Å². The van der Waals surface area contributed by atoms with Crippen LogP contribution in [0.4, 0.5) is 5.69 Å². The zero-order valence-electron chi connectivity index (χ0n) is 16.1. The van der Waals surface area contributed by atoms with Crippen LogP contribution in [0.2, 0.25) is 0 Å². The van der Waals surface area contributed by atoms with Gasteiger partial charge in [-0.25, -0.2) is 0 Å². The SMILES string of the molecule is CCc1cc(-c2cccc(N)c2)cc2c3c([nH]c12)C(CC)(CCO)OCC3. The van der Waals surface area contributed by atoms with Crippen LogP contribution in [0.15, 0.2) is 36.4 Å². The summed E-state index contributed by atoms with van der Waals surface area (Å²) in [5.41, 5.74) is 13.7. The number of hydrogen-bond donors (Lipinski definition) is 3. The molecule has 0 saturated carbocycles. The van der Waals surface area contributed by atoms with Crippen molar-refractivity contribution in [3.05, 3.63) is 53.2 Å². The Morgan fingerprint density at radius 3 is 2.74 bits per heavy atom. The first-order chi connectivity index (χ1) is 13.1. The highest BCUT2D eigenvalue weighted by Crippen LogP contribution is 2.43. The van der Waals surface area contributed by atoms with Crippen LogP contribution in [0.1, 0.15) is 43.5 Å². The number of aromatic amines is 1. The lowest BCUT2D eigenvalue weighted by atomic mass is 9.86. The molecule has 1 aromatic heterocycles. The number of aliphatic hydroxyl groups is 1. The average Bonchev–Trinajstić information content (AvgIpc) is 3.07. The van der Waals surface area contributed by atoms with E-state index < -0.39 is 5.60 Å². The lowest BCUT2D eigenvalue weighted by Crippen LogP contribution is -2.36. The van der Waals surface area contributed by atoms with Crippen molar-refractivity contribution in [3.8, 4) is 11.1 Å².